The van der Waals surface area contributed by atoms with Gasteiger partial charge in [0.1, 0.15) is 0 Å². The molecule has 2 aromatic rings. The largest absolute Gasteiger partial charge is 0.452 e. The molecule has 0 unspecified atom stereocenters. The fourth-order valence-electron chi connectivity index (χ4n) is 2.65. The first-order valence-electron chi connectivity index (χ1n) is 9.31. The Labute approximate surface area is 186 Å². The number of aryl methyl sites for hydroxylation is 1. The van der Waals surface area contributed by atoms with Crippen molar-refractivity contribution in [3.05, 3.63) is 58.6 Å². The van der Waals surface area contributed by atoms with E-state index in [-0.39, 0.29) is 22.0 Å². The van der Waals surface area contributed by atoms with Crippen molar-refractivity contribution < 1.29 is 27.5 Å². The van der Waals surface area contributed by atoms with E-state index in [4.69, 9.17) is 16.3 Å². The first-order valence-corrected chi connectivity index (χ1v) is 11.6. The molecule has 0 aliphatic heterocycles. The van der Waals surface area contributed by atoms with E-state index in [2.05, 4.69) is 5.32 Å². The van der Waals surface area contributed by atoms with E-state index in [9.17, 15) is 22.8 Å². The van der Waals surface area contributed by atoms with Crippen molar-refractivity contribution in [2.24, 2.45) is 0 Å². The third-order valence-electron chi connectivity index (χ3n) is 4.39. The number of ether oxygens (including phenoxy) is 1. The molecule has 166 valence electrons. The molecule has 8 nitrogen and oxygen atoms in total. The van der Waals surface area contributed by atoms with Gasteiger partial charge in [-0.3, -0.25) is 9.59 Å². The monoisotopic (exact) mass is 466 g/mol. The number of nitrogens with zero attached hydrogens (tertiary/aromatic N) is 1. The zero-order chi connectivity index (χ0) is 23.2. The van der Waals surface area contributed by atoms with Gasteiger partial charge in [0.15, 0.2) is 16.4 Å². The van der Waals surface area contributed by atoms with Gasteiger partial charge in [-0.1, -0.05) is 36.7 Å². The third kappa shape index (κ3) is 6.80. The van der Waals surface area contributed by atoms with Gasteiger partial charge < -0.3 is 15.0 Å². The Morgan fingerprint density at radius 3 is 2.45 bits per heavy atom. The van der Waals surface area contributed by atoms with Crippen LogP contribution in [0.2, 0.25) is 5.02 Å². The van der Waals surface area contributed by atoms with Crippen LogP contribution in [0.25, 0.3) is 0 Å². The molecular formula is C21H23ClN2O6S. The lowest BCUT2D eigenvalue weighted by Crippen LogP contribution is -2.37. The van der Waals surface area contributed by atoms with Crippen molar-refractivity contribution >= 4 is 44.9 Å². The van der Waals surface area contributed by atoms with Crippen molar-refractivity contribution in [3.8, 4) is 0 Å². The van der Waals surface area contributed by atoms with E-state index in [0.717, 1.165) is 29.2 Å². The Kier molecular flexibility index (Phi) is 8.18. The zero-order valence-electron chi connectivity index (χ0n) is 17.3. The fraction of sp³-hybridized carbons (Fsp3) is 0.286. The van der Waals surface area contributed by atoms with E-state index >= 15 is 0 Å². The second-order valence-electron chi connectivity index (χ2n) is 6.80. The quantitative estimate of drug-likeness (QED) is 0.599. The summed E-state index contributed by atoms with van der Waals surface area (Å²) in [5.41, 5.74) is 1.46. The molecule has 0 heterocycles. The van der Waals surface area contributed by atoms with Crippen LogP contribution in [0.5, 0.6) is 0 Å². The van der Waals surface area contributed by atoms with Gasteiger partial charge in [0, 0.05) is 19.0 Å². The topological polar surface area (TPSA) is 110 Å². The number of rotatable bonds is 8. The highest BCUT2D eigenvalue weighted by molar-refractivity contribution is 7.90. The number of sulfone groups is 1. The number of nitrogens with one attached hydrogen (secondary N) is 1. The molecule has 31 heavy (non-hydrogen) atoms. The molecule has 0 radical (unpaired) electrons. The van der Waals surface area contributed by atoms with Gasteiger partial charge in [-0.2, -0.15) is 0 Å². The Balaban J connectivity index is 1.95. The van der Waals surface area contributed by atoms with Crippen molar-refractivity contribution in [2.45, 2.75) is 18.2 Å². The van der Waals surface area contributed by atoms with Crippen molar-refractivity contribution in [1.29, 1.82) is 0 Å². The average molecular weight is 467 g/mol. The molecule has 0 fully saturated rings. The summed E-state index contributed by atoms with van der Waals surface area (Å²) in [5.74, 6) is -1.95. The minimum absolute atomic E-state index is 0.00725. The summed E-state index contributed by atoms with van der Waals surface area (Å²) in [5, 5.41) is 2.74. The standard InChI is InChI=1S/C21H23ClN2O6S/c1-4-14-7-5-6-8-18(14)23-19(25)12-24(2)20(26)13-30-21(27)16-11-15(31(3,28)29)9-10-17(16)22/h5-11H,4,12-13H2,1-3H3,(H,23,25). The maximum absolute atomic E-state index is 12.3. The maximum Gasteiger partial charge on any atom is 0.340 e. The number of benzene rings is 2. The molecule has 2 rings (SSSR count). The number of anilines is 1. The second kappa shape index (κ2) is 10.4. The minimum atomic E-state index is -3.55. The van der Waals surface area contributed by atoms with Gasteiger partial charge >= 0.3 is 5.97 Å². The average Bonchev–Trinajstić information content (AvgIpc) is 2.71. The van der Waals surface area contributed by atoms with Gasteiger partial charge in [0.05, 0.1) is 22.0 Å². The zero-order valence-corrected chi connectivity index (χ0v) is 18.9. The third-order valence-corrected chi connectivity index (χ3v) is 5.83. The van der Waals surface area contributed by atoms with Gasteiger partial charge in [-0.15, -0.1) is 0 Å². The Morgan fingerprint density at radius 2 is 1.81 bits per heavy atom. The molecule has 10 heteroatoms. The highest BCUT2D eigenvalue weighted by Crippen LogP contribution is 2.21. The molecule has 0 aliphatic carbocycles. The Bertz CT molecular complexity index is 1100. The van der Waals surface area contributed by atoms with Crippen molar-refractivity contribution in [3.63, 3.8) is 0 Å². The summed E-state index contributed by atoms with van der Waals surface area (Å²) in [6, 6.07) is 11.0. The number of halogens is 1. The molecule has 0 aliphatic rings. The van der Waals surface area contributed by atoms with Crippen LogP contribution in [0.15, 0.2) is 47.4 Å². The molecule has 0 atom stereocenters. The minimum Gasteiger partial charge on any atom is -0.452 e. The summed E-state index contributed by atoms with van der Waals surface area (Å²) >= 11 is 5.95. The summed E-state index contributed by atoms with van der Waals surface area (Å²) in [6.45, 7) is 1.10. The van der Waals surface area contributed by atoms with E-state index in [0.29, 0.717) is 5.69 Å². The molecule has 0 bridgehead atoms. The number of para-hydroxylation sites is 1. The van der Waals surface area contributed by atoms with Crippen LogP contribution in [0, 0.1) is 0 Å². The smallest absolute Gasteiger partial charge is 0.340 e. The highest BCUT2D eigenvalue weighted by atomic mass is 35.5. The second-order valence-corrected chi connectivity index (χ2v) is 9.22. The van der Waals surface area contributed by atoms with Gasteiger partial charge in [-0.05, 0) is 36.2 Å². The first-order chi connectivity index (χ1) is 14.5. The molecule has 2 amide bonds. The predicted octanol–water partition coefficient (Wildman–Crippen LogP) is 2.56. The van der Waals surface area contributed by atoms with Gasteiger partial charge in [-0.25, -0.2) is 13.2 Å². The van der Waals surface area contributed by atoms with E-state index in [1.807, 2.05) is 19.1 Å². The van der Waals surface area contributed by atoms with Crippen LogP contribution >= 0.6 is 11.6 Å². The SMILES string of the molecule is CCc1ccccc1NC(=O)CN(C)C(=O)COC(=O)c1cc(S(C)(=O)=O)ccc1Cl. The van der Waals surface area contributed by atoms with Crippen LogP contribution in [0.4, 0.5) is 5.69 Å². The van der Waals surface area contributed by atoms with E-state index in [1.54, 1.807) is 12.1 Å². The summed E-state index contributed by atoms with van der Waals surface area (Å²) < 4.78 is 28.3. The normalized spacial score (nSPS) is 11.0. The van der Waals surface area contributed by atoms with Crippen molar-refractivity contribution in [2.75, 3.05) is 31.8 Å². The van der Waals surface area contributed by atoms with Crippen LogP contribution in [-0.2, 0) is 30.6 Å². The van der Waals surface area contributed by atoms with Crippen LogP contribution < -0.4 is 5.32 Å². The number of hydrogen-bond donors (Lipinski definition) is 1. The molecule has 0 aromatic heterocycles. The molecule has 0 saturated carbocycles. The summed E-state index contributed by atoms with van der Waals surface area (Å²) in [4.78, 5) is 37.8. The lowest BCUT2D eigenvalue weighted by Gasteiger charge is -2.17. The van der Waals surface area contributed by atoms with E-state index in [1.165, 1.54) is 19.2 Å². The summed E-state index contributed by atoms with van der Waals surface area (Å²) in [6.07, 6.45) is 1.73. The molecular weight excluding hydrogens is 444 g/mol. The highest BCUT2D eigenvalue weighted by Gasteiger charge is 2.20. The van der Waals surface area contributed by atoms with Crippen LogP contribution in [0.1, 0.15) is 22.8 Å². The van der Waals surface area contributed by atoms with Gasteiger partial charge in [0.2, 0.25) is 5.91 Å². The molecule has 2 aromatic carbocycles. The maximum atomic E-state index is 12.3. The first kappa shape index (κ1) is 24.4. The number of amides is 2. The van der Waals surface area contributed by atoms with Crippen molar-refractivity contribution in [1.82, 2.24) is 4.90 Å². The molecule has 0 saturated heterocycles. The Morgan fingerprint density at radius 1 is 1.13 bits per heavy atom. The van der Waals surface area contributed by atoms with E-state index < -0.39 is 34.2 Å². The predicted molar refractivity (Wildman–Crippen MR) is 117 cm³/mol. The lowest BCUT2D eigenvalue weighted by atomic mass is 10.1. The number of carbonyl (C=O) groups excluding carboxylic acids is 3. The summed E-state index contributed by atoms with van der Waals surface area (Å²) in [7, 11) is -2.15. The molecule has 1 N–H and O–H groups in total. The number of carbonyl (C=O) groups is 3. The Hall–Kier alpha value is -2.91. The van der Waals surface area contributed by atoms with Crippen LogP contribution in [-0.4, -0.2) is 57.6 Å². The molecule has 0 spiro atoms. The number of likely N-dealkylation sites (N-methyl/N-ethyl adjacent to an activating group) is 1. The number of hydrogen-bond acceptors (Lipinski definition) is 6. The van der Waals surface area contributed by atoms with Gasteiger partial charge in [0.25, 0.3) is 5.91 Å². The van der Waals surface area contributed by atoms with Crippen LogP contribution in [0.3, 0.4) is 0 Å². The number of esters is 1. The fourth-order valence-corrected chi connectivity index (χ4v) is 3.49. The lowest BCUT2D eigenvalue weighted by molar-refractivity contribution is -0.136.